The Morgan fingerprint density at radius 1 is 1.02 bits per heavy atom. The lowest BCUT2D eigenvalue weighted by Crippen LogP contribution is -2.51. The second kappa shape index (κ2) is 12.9. The van der Waals surface area contributed by atoms with E-state index in [1.807, 2.05) is 30.3 Å². The Hall–Kier alpha value is -2.45. The second-order valence-electron chi connectivity index (χ2n) is 12.2. The number of halogens is 3. The standard InChI is InChI=1S/C31H36BrF2N3O5Si/c1-43(2,3)14-13-38-19-36-25-16-24(33)28(20-9-11-22(32)12-10-20)37(34)29(25)35-31(36)41-23-15-26-27(39-17-23)18-40-30(42-26)21-7-5-4-6-8-21/h4-12,16,23,26-27,30-31H,13-15,17-19H2,1-3H3/t23-,26+,27-,30?,31?/m1/s1. The van der Waals surface area contributed by atoms with Crippen LogP contribution in [0.3, 0.4) is 0 Å². The smallest absolute Gasteiger partial charge is 0.232 e. The van der Waals surface area contributed by atoms with Gasteiger partial charge in [0.05, 0.1) is 31.1 Å². The Morgan fingerprint density at radius 2 is 1.79 bits per heavy atom. The van der Waals surface area contributed by atoms with Gasteiger partial charge in [-0.25, -0.2) is 9.38 Å². The maximum atomic E-state index is 15.9. The van der Waals surface area contributed by atoms with Crippen molar-refractivity contribution in [3.63, 3.8) is 0 Å². The second-order valence-corrected chi connectivity index (χ2v) is 18.8. The van der Waals surface area contributed by atoms with E-state index in [1.54, 1.807) is 29.2 Å². The normalized spacial score (nSPS) is 27.5. The molecule has 4 heterocycles. The van der Waals surface area contributed by atoms with Crippen LogP contribution in [0.2, 0.25) is 25.7 Å². The van der Waals surface area contributed by atoms with Crippen molar-refractivity contribution in [2.24, 2.45) is 4.99 Å². The molecule has 5 atom stereocenters. The quantitative estimate of drug-likeness (QED) is 0.165. The molecule has 0 saturated carbocycles. The number of benzene rings is 2. The van der Waals surface area contributed by atoms with Gasteiger partial charge in [0.25, 0.3) is 0 Å². The maximum Gasteiger partial charge on any atom is 0.232 e. The van der Waals surface area contributed by atoms with Crippen LogP contribution in [-0.4, -0.2) is 75.1 Å². The summed E-state index contributed by atoms with van der Waals surface area (Å²) in [4.78, 5) is 6.25. The van der Waals surface area contributed by atoms with Crippen LogP contribution >= 0.6 is 15.9 Å². The Morgan fingerprint density at radius 3 is 2.53 bits per heavy atom. The average Bonchev–Trinajstić information content (AvgIpc) is 3.32. The average molecular weight is 677 g/mol. The number of ether oxygens (including phenoxy) is 5. The van der Waals surface area contributed by atoms with Gasteiger partial charge < -0.3 is 28.6 Å². The lowest BCUT2D eigenvalue weighted by Gasteiger charge is -2.42. The molecule has 0 amide bonds. The minimum absolute atomic E-state index is 0.0285. The highest BCUT2D eigenvalue weighted by atomic mass is 79.9. The summed E-state index contributed by atoms with van der Waals surface area (Å²) in [7, 11) is -1.34. The van der Waals surface area contributed by atoms with Gasteiger partial charge in [-0.2, -0.15) is 5.12 Å². The first-order chi connectivity index (χ1) is 20.7. The van der Waals surface area contributed by atoms with Gasteiger partial charge in [0.15, 0.2) is 18.0 Å². The van der Waals surface area contributed by atoms with Crippen molar-refractivity contribution < 1.29 is 32.6 Å². The molecule has 2 unspecified atom stereocenters. The third kappa shape index (κ3) is 6.95. The van der Waals surface area contributed by atoms with Gasteiger partial charge in [0.2, 0.25) is 6.35 Å². The summed E-state index contributed by atoms with van der Waals surface area (Å²) in [6, 6.07) is 17.5. The molecular weight excluding hydrogens is 640 g/mol. The molecule has 4 aliphatic heterocycles. The van der Waals surface area contributed by atoms with Gasteiger partial charge in [-0.15, -0.1) is 0 Å². The number of hydrogen-bond acceptors (Lipinski definition) is 8. The third-order valence-corrected chi connectivity index (χ3v) is 9.99. The monoisotopic (exact) mass is 675 g/mol. The maximum absolute atomic E-state index is 15.9. The Balaban J connectivity index is 1.20. The van der Waals surface area contributed by atoms with Gasteiger partial charge in [-0.1, -0.05) is 82.5 Å². The molecule has 8 nitrogen and oxygen atoms in total. The zero-order chi connectivity index (χ0) is 30.1. The zero-order valence-corrected chi connectivity index (χ0v) is 27.0. The Bertz CT molecular complexity index is 1390. The highest BCUT2D eigenvalue weighted by Crippen LogP contribution is 2.39. The SMILES string of the molecule is C[Si](C)(C)CCOCN1C2=CC(F)=C(c3ccc(Br)cc3)N(F)C2=NC1O[C@H]1CO[C@@H]2COC(c3ccccc3)O[C@H]2C1. The van der Waals surface area contributed by atoms with E-state index < -0.39 is 32.6 Å². The molecule has 0 radical (unpaired) electrons. The molecule has 0 N–H and O–H groups in total. The van der Waals surface area contributed by atoms with Crippen LogP contribution in [0.4, 0.5) is 8.87 Å². The van der Waals surface area contributed by atoms with Gasteiger partial charge in [-0.05, 0) is 18.2 Å². The first kappa shape index (κ1) is 30.6. The topological polar surface area (TPSA) is 65.0 Å². The predicted molar refractivity (Wildman–Crippen MR) is 164 cm³/mol. The van der Waals surface area contributed by atoms with E-state index in [9.17, 15) is 0 Å². The van der Waals surface area contributed by atoms with Crippen LogP contribution in [0.1, 0.15) is 23.8 Å². The molecule has 4 aliphatic rings. The molecule has 0 aromatic heterocycles. The fourth-order valence-electron chi connectivity index (χ4n) is 5.36. The third-order valence-electron chi connectivity index (χ3n) is 7.76. The molecule has 2 saturated heterocycles. The molecule has 230 valence electrons. The number of fused-ring (bicyclic) bond motifs is 2. The molecule has 0 aliphatic carbocycles. The van der Waals surface area contributed by atoms with Crippen molar-refractivity contribution in [3.8, 4) is 0 Å². The van der Waals surface area contributed by atoms with E-state index in [0.29, 0.717) is 36.9 Å². The van der Waals surface area contributed by atoms with Gasteiger partial charge in [-0.3, -0.25) is 0 Å². The molecule has 2 fully saturated rings. The highest BCUT2D eigenvalue weighted by Gasteiger charge is 2.44. The van der Waals surface area contributed by atoms with E-state index in [4.69, 9.17) is 23.7 Å². The van der Waals surface area contributed by atoms with Gasteiger partial charge >= 0.3 is 0 Å². The number of hydrogen-bond donors (Lipinski definition) is 0. The van der Waals surface area contributed by atoms with E-state index in [-0.39, 0.29) is 36.2 Å². The summed E-state index contributed by atoms with van der Waals surface area (Å²) in [5.74, 6) is -0.739. The van der Waals surface area contributed by atoms with Crippen LogP contribution in [-0.2, 0) is 23.7 Å². The summed E-state index contributed by atoms with van der Waals surface area (Å²) < 4.78 is 62.9. The van der Waals surface area contributed by atoms with Crippen LogP contribution in [0.15, 0.2) is 81.7 Å². The van der Waals surface area contributed by atoms with Crippen LogP contribution in [0.25, 0.3) is 5.70 Å². The number of allylic oxidation sites excluding steroid dienone is 2. The number of rotatable bonds is 9. The fraction of sp³-hybridized carbons (Fsp3) is 0.452. The van der Waals surface area contributed by atoms with Crippen LogP contribution in [0.5, 0.6) is 0 Å². The van der Waals surface area contributed by atoms with E-state index in [1.165, 1.54) is 6.08 Å². The molecule has 0 spiro atoms. The molecule has 43 heavy (non-hydrogen) atoms. The van der Waals surface area contributed by atoms with Crippen molar-refractivity contribution >= 4 is 35.5 Å². The lowest BCUT2D eigenvalue weighted by atomic mass is 10.0. The highest BCUT2D eigenvalue weighted by molar-refractivity contribution is 9.10. The largest absolute Gasteiger partial charge is 0.370 e. The predicted octanol–water partition coefficient (Wildman–Crippen LogP) is 6.77. The number of aliphatic imine (C=N–C) groups is 1. The lowest BCUT2D eigenvalue weighted by molar-refractivity contribution is -0.295. The first-order valence-electron chi connectivity index (χ1n) is 14.5. The molecular formula is C31H36BrF2N3O5Si. The Labute approximate surface area is 260 Å². The van der Waals surface area contributed by atoms with E-state index in [2.05, 4.69) is 40.6 Å². The summed E-state index contributed by atoms with van der Waals surface area (Å²) >= 11 is 3.37. The molecule has 12 heteroatoms. The van der Waals surface area contributed by atoms with Gasteiger partial charge in [0, 0.05) is 42.8 Å². The minimum atomic E-state index is -1.34. The van der Waals surface area contributed by atoms with Gasteiger partial charge in [0.1, 0.15) is 18.5 Å². The van der Waals surface area contributed by atoms with Crippen molar-refractivity contribution in [1.29, 1.82) is 0 Å². The minimum Gasteiger partial charge on any atom is -0.370 e. The molecule has 2 aromatic rings. The van der Waals surface area contributed by atoms with E-state index in [0.717, 1.165) is 16.1 Å². The fourth-order valence-corrected chi connectivity index (χ4v) is 6.38. The molecule has 6 rings (SSSR count). The molecule has 0 bridgehead atoms. The Kier molecular flexibility index (Phi) is 9.16. The van der Waals surface area contributed by atoms with E-state index >= 15 is 8.87 Å². The zero-order valence-electron chi connectivity index (χ0n) is 24.4. The van der Waals surface area contributed by atoms with Crippen molar-refractivity contribution in [2.45, 2.75) is 63.1 Å². The summed E-state index contributed by atoms with van der Waals surface area (Å²) in [6.45, 7) is 8.12. The summed E-state index contributed by atoms with van der Waals surface area (Å²) in [5.41, 5.74) is 1.38. The number of amidine groups is 1. The summed E-state index contributed by atoms with van der Waals surface area (Å²) in [5, 5.41) is 0.297. The molecule has 2 aromatic carbocycles. The van der Waals surface area contributed by atoms with Crippen LogP contribution < -0.4 is 0 Å². The van der Waals surface area contributed by atoms with Crippen LogP contribution in [0, 0.1) is 0 Å². The van der Waals surface area contributed by atoms with Crippen molar-refractivity contribution in [2.75, 3.05) is 26.6 Å². The summed E-state index contributed by atoms with van der Waals surface area (Å²) in [6.07, 6.45) is -0.447. The number of nitrogens with zero attached hydrogens (tertiary/aromatic N) is 3. The first-order valence-corrected chi connectivity index (χ1v) is 19.0. The van der Waals surface area contributed by atoms with Crippen molar-refractivity contribution in [3.05, 3.63) is 87.8 Å². The van der Waals surface area contributed by atoms with Crippen molar-refractivity contribution in [1.82, 2.24) is 10.0 Å².